The summed E-state index contributed by atoms with van der Waals surface area (Å²) in [5.41, 5.74) is 3.26. The van der Waals surface area contributed by atoms with Crippen LogP contribution in [-0.4, -0.2) is 11.0 Å². The molecule has 0 bridgehead atoms. The van der Waals surface area contributed by atoms with E-state index >= 15 is 0 Å². The van der Waals surface area contributed by atoms with Gasteiger partial charge < -0.3 is 4.84 Å². The van der Waals surface area contributed by atoms with E-state index in [2.05, 4.69) is 33.2 Å². The van der Waals surface area contributed by atoms with Crippen LogP contribution in [0.2, 0.25) is 0 Å². The molecule has 2 aromatic carbocycles. The molecule has 2 aromatic rings. The number of halogens is 1. The Morgan fingerprint density at radius 1 is 0.950 bits per heavy atom. The van der Waals surface area contributed by atoms with Gasteiger partial charge in [-0.25, -0.2) is 0 Å². The Hall–Kier alpha value is -1.61. The maximum absolute atomic E-state index is 5.51. The van der Waals surface area contributed by atoms with E-state index in [-0.39, 0.29) is 0 Å². The first-order valence-corrected chi connectivity index (χ1v) is 7.86. The van der Waals surface area contributed by atoms with Gasteiger partial charge in [0.2, 0.25) is 0 Å². The molecular weight excluding hydrogens is 314 g/mol. The summed E-state index contributed by atoms with van der Waals surface area (Å²) in [6, 6.07) is 20.3. The molecule has 0 radical (unpaired) electrons. The Bertz CT molecular complexity index is 525. The second-order valence-corrected chi connectivity index (χ2v) is 5.25. The molecule has 0 heterocycles. The molecule has 0 amide bonds. The van der Waals surface area contributed by atoms with Crippen molar-refractivity contribution in [2.24, 2.45) is 5.16 Å². The van der Waals surface area contributed by atoms with Crippen LogP contribution in [0.5, 0.6) is 0 Å². The molecule has 0 unspecified atom stereocenters. The molecule has 104 valence electrons. The van der Waals surface area contributed by atoms with Gasteiger partial charge in [-0.05, 0) is 24.0 Å². The van der Waals surface area contributed by atoms with Crippen LogP contribution in [0, 0.1) is 0 Å². The minimum Gasteiger partial charge on any atom is -0.391 e. The van der Waals surface area contributed by atoms with Gasteiger partial charge in [0.15, 0.2) is 0 Å². The van der Waals surface area contributed by atoms with Gasteiger partial charge in [-0.1, -0.05) is 81.7 Å². The second kappa shape index (κ2) is 8.54. The molecule has 0 aliphatic heterocycles. The Balaban J connectivity index is 2.01. The van der Waals surface area contributed by atoms with E-state index in [0.717, 1.165) is 35.0 Å². The highest BCUT2D eigenvalue weighted by atomic mass is 79.9. The van der Waals surface area contributed by atoms with Crippen molar-refractivity contribution in [3.63, 3.8) is 0 Å². The topological polar surface area (TPSA) is 21.6 Å². The monoisotopic (exact) mass is 331 g/mol. The summed E-state index contributed by atoms with van der Waals surface area (Å²) in [5, 5.41) is 5.29. The van der Waals surface area contributed by atoms with Crippen molar-refractivity contribution in [3.8, 4) is 0 Å². The average Bonchev–Trinajstić information content (AvgIpc) is 2.52. The summed E-state index contributed by atoms with van der Waals surface area (Å²) in [6.45, 7) is 0.505. The zero-order chi connectivity index (χ0) is 14.0. The molecule has 0 N–H and O–H groups in total. The summed E-state index contributed by atoms with van der Waals surface area (Å²) in [5.74, 6) is 0. The third-order valence-electron chi connectivity index (χ3n) is 2.90. The van der Waals surface area contributed by atoms with E-state index in [1.807, 2.05) is 48.5 Å². The van der Waals surface area contributed by atoms with Gasteiger partial charge in [0.1, 0.15) is 6.61 Å². The van der Waals surface area contributed by atoms with Gasteiger partial charge in [-0.3, -0.25) is 0 Å². The number of hydrogen-bond acceptors (Lipinski definition) is 2. The van der Waals surface area contributed by atoms with E-state index in [9.17, 15) is 0 Å². The van der Waals surface area contributed by atoms with Crippen molar-refractivity contribution in [2.75, 3.05) is 5.33 Å². The lowest BCUT2D eigenvalue weighted by molar-refractivity contribution is 0.130. The number of hydrogen-bond donors (Lipinski definition) is 0. The molecule has 2 nitrogen and oxygen atoms in total. The van der Waals surface area contributed by atoms with Gasteiger partial charge in [0.05, 0.1) is 5.71 Å². The third kappa shape index (κ3) is 4.82. The van der Waals surface area contributed by atoms with E-state index in [1.165, 1.54) is 0 Å². The van der Waals surface area contributed by atoms with Crippen LogP contribution in [0.4, 0.5) is 0 Å². The van der Waals surface area contributed by atoms with Crippen LogP contribution in [0.25, 0.3) is 0 Å². The zero-order valence-electron chi connectivity index (χ0n) is 11.3. The minimum atomic E-state index is 0.505. The summed E-state index contributed by atoms with van der Waals surface area (Å²) in [7, 11) is 0. The molecule has 0 fully saturated rings. The van der Waals surface area contributed by atoms with Crippen molar-refractivity contribution < 1.29 is 4.84 Å². The molecule has 0 spiro atoms. The lowest BCUT2D eigenvalue weighted by atomic mass is 10.1. The molecule has 0 aliphatic carbocycles. The lowest BCUT2D eigenvalue weighted by Crippen LogP contribution is -2.03. The molecule has 3 heteroatoms. The molecule has 0 saturated heterocycles. The van der Waals surface area contributed by atoms with Gasteiger partial charge in [-0.15, -0.1) is 0 Å². The summed E-state index contributed by atoms with van der Waals surface area (Å²) >= 11 is 3.46. The predicted octanol–water partition coefficient (Wildman–Crippen LogP) is 4.78. The first kappa shape index (κ1) is 14.8. The second-order valence-electron chi connectivity index (χ2n) is 4.46. The number of oxime groups is 1. The Morgan fingerprint density at radius 2 is 1.60 bits per heavy atom. The van der Waals surface area contributed by atoms with Gasteiger partial charge in [0, 0.05) is 5.33 Å². The quantitative estimate of drug-likeness (QED) is 0.406. The fourth-order valence-electron chi connectivity index (χ4n) is 1.87. The SMILES string of the molecule is BrCCCC(=NOCc1ccccc1)c1ccccc1. The molecule has 2 rings (SSSR count). The van der Waals surface area contributed by atoms with E-state index < -0.39 is 0 Å². The van der Waals surface area contributed by atoms with E-state index in [0.29, 0.717) is 6.61 Å². The normalized spacial score (nSPS) is 11.3. The molecule has 0 atom stereocenters. The van der Waals surface area contributed by atoms with Crippen molar-refractivity contribution >= 4 is 21.6 Å². The van der Waals surface area contributed by atoms with Crippen molar-refractivity contribution in [3.05, 3.63) is 71.8 Å². The fourth-order valence-corrected chi connectivity index (χ4v) is 2.15. The van der Waals surface area contributed by atoms with Crippen molar-refractivity contribution in [1.82, 2.24) is 0 Å². The number of alkyl halides is 1. The lowest BCUT2D eigenvalue weighted by Gasteiger charge is -2.06. The largest absolute Gasteiger partial charge is 0.391 e. The van der Waals surface area contributed by atoms with E-state index in [1.54, 1.807) is 0 Å². The third-order valence-corrected chi connectivity index (χ3v) is 3.46. The van der Waals surface area contributed by atoms with Gasteiger partial charge in [-0.2, -0.15) is 0 Å². The minimum absolute atomic E-state index is 0.505. The van der Waals surface area contributed by atoms with Crippen LogP contribution in [0.1, 0.15) is 24.0 Å². The average molecular weight is 332 g/mol. The Kier molecular flexibility index (Phi) is 6.32. The van der Waals surface area contributed by atoms with Crippen LogP contribution >= 0.6 is 15.9 Å². The Morgan fingerprint density at radius 3 is 2.25 bits per heavy atom. The highest BCUT2D eigenvalue weighted by Crippen LogP contribution is 2.09. The number of rotatable bonds is 7. The van der Waals surface area contributed by atoms with Crippen LogP contribution in [0.3, 0.4) is 0 Å². The molecular formula is C17H18BrNO. The molecule has 20 heavy (non-hydrogen) atoms. The highest BCUT2D eigenvalue weighted by molar-refractivity contribution is 9.09. The molecule has 0 aliphatic rings. The van der Waals surface area contributed by atoms with E-state index in [4.69, 9.17) is 4.84 Å². The first-order valence-electron chi connectivity index (χ1n) is 6.74. The van der Waals surface area contributed by atoms with Gasteiger partial charge >= 0.3 is 0 Å². The van der Waals surface area contributed by atoms with Crippen molar-refractivity contribution in [1.29, 1.82) is 0 Å². The van der Waals surface area contributed by atoms with Gasteiger partial charge in [0.25, 0.3) is 0 Å². The number of nitrogens with zero attached hydrogens (tertiary/aromatic N) is 1. The highest BCUT2D eigenvalue weighted by Gasteiger charge is 2.03. The van der Waals surface area contributed by atoms with Crippen LogP contribution in [-0.2, 0) is 11.4 Å². The molecule has 0 saturated carbocycles. The maximum Gasteiger partial charge on any atom is 0.142 e. The summed E-state index contributed by atoms with van der Waals surface area (Å²) in [4.78, 5) is 5.51. The standard InChI is InChI=1S/C17H18BrNO/c18-13-7-12-17(16-10-5-2-6-11-16)19-20-14-15-8-3-1-4-9-15/h1-6,8-11H,7,12-14H2. The summed E-state index contributed by atoms with van der Waals surface area (Å²) < 4.78 is 0. The molecule has 0 aromatic heterocycles. The van der Waals surface area contributed by atoms with Crippen LogP contribution < -0.4 is 0 Å². The first-order chi connectivity index (χ1) is 9.90. The maximum atomic E-state index is 5.51. The Labute approximate surface area is 128 Å². The fraction of sp³-hybridized carbons (Fsp3) is 0.235. The van der Waals surface area contributed by atoms with Crippen LogP contribution in [0.15, 0.2) is 65.8 Å². The number of benzene rings is 2. The summed E-state index contributed by atoms with van der Waals surface area (Å²) in [6.07, 6.45) is 1.95. The van der Waals surface area contributed by atoms with Crippen molar-refractivity contribution in [2.45, 2.75) is 19.4 Å². The smallest absolute Gasteiger partial charge is 0.142 e. The predicted molar refractivity (Wildman–Crippen MR) is 87.2 cm³/mol. The zero-order valence-corrected chi connectivity index (χ0v) is 12.9.